The van der Waals surface area contributed by atoms with Gasteiger partial charge < -0.3 is 14.8 Å². The van der Waals surface area contributed by atoms with Crippen molar-refractivity contribution >= 4 is 35.3 Å². The molecule has 1 rings (SSSR count). The summed E-state index contributed by atoms with van der Waals surface area (Å²) < 4.78 is 10.2. The minimum absolute atomic E-state index is 0.175. The Kier molecular flexibility index (Phi) is 7.16. The zero-order chi connectivity index (χ0) is 17.6. The third-order valence-electron chi connectivity index (χ3n) is 2.70. The van der Waals surface area contributed by atoms with Gasteiger partial charge in [0.15, 0.2) is 0 Å². The Balaban J connectivity index is 2.88. The first-order valence-corrected chi connectivity index (χ1v) is 7.98. The van der Waals surface area contributed by atoms with E-state index in [-0.39, 0.29) is 13.0 Å². The van der Waals surface area contributed by atoms with Gasteiger partial charge in [0.25, 0.3) is 0 Å². The molecule has 1 N–H and O–H groups in total. The van der Waals surface area contributed by atoms with E-state index >= 15 is 0 Å². The van der Waals surface area contributed by atoms with Crippen molar-refractivity contribution in [3.63, 3.8) is 0 Å². The summed E-state index contributed by atoms with van der Waals surface area (Å²) in [6, 6.07) is 4.05. The van der Waals surface area contributed by atoms with Crippen LogP contribution in [0, 0.1) is 0 Å². The lowest BCUT2D eigenvalue weighted by atomic mass is 10.1. The number of carbonyl (C=O) groups excluding carboxylic acids is 2. The number of alkyl carbamates (subject to hydrolysis) is 1. The van der Waals surface area contributed by atoms with Gasteiger partial charge in [-0.2, -0.15) is 0 Å². The molecule has 128 valence electrons. The fraction of sp³-hybridized carbons (Fsp3) is 0.500. The Labute approximate surface area is 146 Å². The maximum Gasteiger partial charge on any atom is 0.408 e. The number of nitrogens with one attached hydrogen (secondary N) is 1. The summed E-state index contributed by atoms with van der Waals surface area (Å²) in [7, 11) is 0. The Hall–Kier alpha value is -1.46. The molecule has 0 saturated heterocycles. The van der Waals surface area contributed by atoms with Crippen LogP contribution in [0.15, 0.2) is 18.2 Å². The highest BCUT2D eigenvalue weighted by Gasteiger charge is 2.26. The quantitative estimate of drug-likeness (QED) is 0.805. The second-order valence-corrected chi connectivity index (χ2v) is 6.73. The average Bonchev–Trinajstić information content (AvgIpc) is 2.39. The van der Waals surface area contributed by atoms with Gasteiger partial charge in [-0.3, -0.25) is 0 Å². The van der Waals surface area contributed by atoms with Crippen molar-refractivity contribution in [2.24, 2.45) is 0 Å². The Morgan fingerprint density at radius 3 is 2.43 bits per heavy atom. The van der Waals surface area contributed by atoms with Crippen molar-refractivity contribution < 1.29 is 19.1 Å². The van der Waals surface area contributed by atoms with Gasteiger partial charge in [0.05, 0.1) is 6.61 Å². The Bertz CT molecular complexity index is 570. The van der Waals surface area contributed by atoms with E-state index in [4.69, 9.17) is 32.7 Å². The highest BCUT2D eigenvalue weighted by atomic mass is 35.5. The molecule has 1 amide bonds. The number of esters is 1. The van der Waals surface area contributed by atoms with Crippen molar-refractivity contribution in [1.29, 1.82) is 0 Å². The molecule has 5 nitrogen and oxygen atoms in total. The molecular formula is C16H21Cl2NO4. The summed E-state index contributed by atoms with van der Waals surface area (Å²) in [5.74, 6) is -0.552. The largest absolute Gasteiger partial charge is 0.464 e. The standard InChI is InChI=1S/C16H21Cl2NO4/c1-5-22-14(20)13(19-15(21)23-16(2,3)4)8-10-6-7-11(17)9-12(10)18/h6-7,9,13H,5,8H2,1-4H3,(H,19,21)/t13-/m0/s1. The molecule has 23 heavy (non-hydrogen) atoms. The molecule has 0 fully saturated rings. The summed E-state index contributed by atoms with van der Waals surface area (Å²) in [6.07, 6.45) is -0.519. The van der Waals surface area contributed by atoms with E-state index in [1.807, 2.05) is 0 Å². The summed E-state index contributed by atoms with van der Waals surface area (Å²) >= 11 is 12.0. The molecule has 0 unspecified atom stereocenters. The highest BCUT2D eigenvalue weighted by Crippen LogP contribution is 2.22. The van der Waals surface area contributed by atoms with Crippen molar-refractivity contribution in [2.45, 2.75) is 45.8 Å². The second kappa shape index (κ2) is 8.41. The van der Waals surface area contributed by atoms with Crippen molar-refractivity contribution in [1.82, 2.24) is 5.32 Å². The van der Waals surface area contributed by atoms with Gasteiger partial charge in [-0.1, -0.05) is 29.3 Å². The molecule has 0 aliphatic carbocycles. The van der Waals surface area contributed by atoms with E-state index in [0.29, 0.717) is 15.6 Å². The first kappa shape index (κ1) is 19.6. The number of hydrogen-bond acceptors (Lipinski definition) is 4. The molecule has 1 atom stereocenters. The lowest BCUT2D eigenvalue weighted by molar-refractivity contribution is -0.145. The van der Waals surface area contributed by atoms with Crippen molar-refractivity contribution in [2.75, 3.05) is 6.61 Å². The van der Waals surface area contributed by atoms with Crippen LogP contribution in [0.3, 0.4) is 0 Å². The first-order chi connectivity index (χ1) is 10.6. The predicted octanol–water partition coefficient (Wildman–Crippen LogP) is 3.99. The molecule has 0 radical (unpaired) electrons. The fourth-order valence-electron chi connectivity index (χ4n) is 1.79. The number of hydrogen-bond donors (Lipinski definition) is 1. The molecule has 0 saturated carbocycles. The predicted molar refractivity (Wildman–Crippen MR) is 90.0 cm³/mol. The summed E-state index contributed by atoms with van der Waals surface area (Å²) in [4.78, 5) is 24.0. The molecule has 1 aromatic rings. The van der Waals surface area contributed by atoms with Crippen LogP contribution in [0.1, 0.15) is 33.3 Å². The van der Waals surface area contributed by atoms with Crippen LogP contribution < -0.4 is 5.32 Å². The van der Waals surface area contributed by atoms with Crippen LogP contribution in [0.4, 0.5) is 4.79 Å². The number of carbonyl (C=O) groups is 2. The maximum atomic E-state index is 12.1. The normalized spacial score (nSPS) is 12.4. The van der Waals surface area contributed by atoms with Crippen LogP contribution in [-0.4, -0.2) is 30.3 Å². The minimum Gasteiger partial charge on any atom is -0.464 e. The van der Waals surface area contributed by atoms with E-state index in [0.717, 1.165) is 0 Å². The molecule has 7 heteroatoms. The lowest BCUT2D eigenvalue weighted by Gasteiger charge is -2.23. The van der Waals surface area contributed by atoms with Crippen LogP contribution >= 0.6 is 23.2 Å². The third kappa shape index (κ3) is 7.10. The fourth-order valence-corrected chi connectivity index (χ4v) is 2.28. The zero-order valence-corrected chi connectivity index (χ0v) is 15.1. The smallest absolute Gasteiger partial charge is 0.408 e. The zero-order valence-electron chi connectivity index (χ0n) is 13.6. The molecule has 0 heterocycles. The summed E-state index contributed by atoms with van der Waals surface area (Å²) in [5.41, 5.74) is 0.00600. The van der Waals surface area contributed by atoms with E-state index in [1.165, 1.54) is 0 Å². The van der Waals surface area contributed by atoms with Gasteiger partial charge in [-0.05, 0) is 45.4 Å². The van der Waals surface area contributed by atoms with Crippen molar-refractivity contribution in [3.8, 4) is 0 Å². The topological polar surface area (TPSA) is 64.6 Å². The monoisotopic (exact) mass is 361 g/mol. The van der Waals surface area contributed by atoms with Crippen molar-refractivity contribution in [3.05, 3.63) is 33.8 Å². The van der Waals surface area contributed by atoms with Gasteiger partial charge in [-0.25, -0.2) is 9.59 Å². The number of rotatable bonds is 5. The van der Waals surface area contributed by atoms with E-state index in [2.05, 4.69) is 5.32 Å². The highest BCUT2D eigenvalue weighted by molar-refractivity contribution is 6.35. The second-order valence-electron chi connectivity index (χ2n) is 5.89. The van der Waals surface area contributed by atoms with Gasteiger partial charge in [0, 0.05) is 16.5 Å². The molecule has 0 bridgehead atoms. The molecule has 0 aromatic heterocycles. The van der Waals surface area contributed by atoms with Crippen LogP contribution in [0.2, 0.25) is 10.0 Å². The number of halogens is 2. The minimum atomic E-state index is -0.900. The van der Waals surface area contributed by atoms with Crippen LogP contribution in [0.25, 0.3) is 0 Å². The molecule has 0 aliphatic rings. The summed E-state index contributed by atoms with van der Waals surface area (Å²) in [6.45, 7) is 7.11. The Morgan fingerprint density at radius 2 is 1.91 bits per heavy atom. The molecule has 0 aliphatic heterocycles. The lowest BCUT2D eigenvalue weighted by Crippen LogP contribution is -2.45. The number of amides is 1. The van der Waals surface area contributed by atoms with Gasteiger partial charge in [0.1, 0.15) is 11.6 Å². The van der Waals surface area contributed by atoms with Crippen LogP contribution in [-0.2, 0) is 20.7 Å². The molecule has 1 aromatic carbocycles. The third-order valence-corrected chi connectivity index (χ3v) is 3.29. The van der Waals surface area contributed by atoms with E-state index < -0.39 is 23.7 Å². The Morgan fingerprint density at radius 1 is 1.26 bits per heavy atom. The molecule has 0 spiro atoms. The van der Waals surface area contributed by atoms with E-state index in [1.54, 1.807) is 45.9 Å². The van der Waals surface area contributed by atoms with Gasteiger partial charge >= 0.3 is 12.1 Å². The van der Waals surface area contributed by atoms with Gasteiger partial charge in [0.2, 0.25) is 0 Å². The van der Waals surface area contributed by atoms with E-state index in [9.17, 15) is 9.59 Å². The number of ether oxygens (including phenoxy) is 2. The van der Waals surface area contributed by atoms with Crippen LogP contribution in [0.5, 0.6) is 0 Å². The van der Waals surface area contributed by atoms with Gasteiger partial charge in [-0.15, -0.1) is 0 Å². The maximum absolute atomic E-state index is 12.1. The summed E-state index contributed by atoms with van der Waals surface area (Å²) in [5, 5.41) is 3.43. The SMILES string of the molecule is CCOC(=O)[C@H](Cc1ccc(Cl)cc1Cl)NC(=O)OC(C)(C)C. The number of benzene rings is 1. The first-order valence-electron chi connectivity index (χ1n) is 7.22. The average molecular weight is 362 g/mol. The molecular weight excluding hydrogens is 341 g/mol.